The van der Waals surface area contributed by atoms with Crippen LogP contribution in [0.1, 0.15) is 52.4 Å². The van der Waals surface area contributed by atoms with E-state index in [2.05, 4.69) is 3.87 Å². The van der Waals surface area contributed by atoms with Crippen LogP contribution in [0, 0.1) is 0 Å². The quantitative estimate of drug-likeness (QED) is 0.477. The van der Waals surface area contributed by atoms with Crippen LogP contribution in [0.15, 0.2) is 0 Å². The van der Waals surface area contributed by atoms with Gasteiger partial charge in [0.05, 0.1) is 0 Å². The minimum atomic E-state index is -5.43. The van der Waals surface area contributed by atoms with E-state index in [1.807, 2.05) is 13.8 Å². The van der Waals surface area contributed by atoms with Gasteiger partial charge in [-0.05, 0) is 12.1 Å². The van der Waals surface area contributed by atoms with Gasteiger partial charge in [0.2, 0.25) is 9.04 Å². The van der Waals surface area contributed by atoms with E-state index < -0.39 is 24.7 Å². The van der Waals surface area contributed by atoms with Crippen LogP contribution in [0.25, 0.3) is 0 Å². The first-order valence-electron chi connectivity index (χ1n) is 6.65. The fourth-order valence-electron chi connectivity index (χ4n) is 1.88. The second-order valence-electron chi connectivity index (χ2n) is 4.75. The normalized spacial score (nSPS) is 14.9. The van der Waals surface area contributed by atoms with Crippen LogP contribution in [-0.2, 0) is 14.0 Å². The Kier molecular flexibility index (Phi) is 8.22. The van der Waals surface area contributed by atoms with E-state index in [9.17, 15) is 21.6 Å². The van der Waals surface area contributed by atoms with Gasteiger partial charge < -0.3 is 3.87 Å². The van der Waals surface area contributed by atoms with Crippen LogP contribution in [0.4, 0.5) is 13.2 Å². The Morgan fingerprint density at radius 1 is 1.11 bits per heavy atom. The van der Waals surface area contributed by atoms with Crippen molar-refractivity contribution < 1.29 is 25.5 Å². The molecule has 0 aliphatic heterocycles. The highest BCUT2D eigenvalue weighted by Crippen LogP contribution is 2.31. The fraction of sp³-hybridized carbons (Fsp3) is 1.00. The number of halogens is 3. The molecule has 0 spiro atoms. The molecule has 0 rings (SSSR count). The minimum Gasteiger partial charge on any atom is -0.312 e. The summed E-state index contributed by atoms with van der Waals surface area (Å²) in [4.78, 5) is 0. The number of unbranched alkanes of at least 4 members (excludes halogenated alkanes) is 2. The smallest absolute Gasteiger partial charge is 0.312 e. The molecule has 19 heavy (non-hydrogen) atoms. The largest absolute Gasteiger partial charge is 0.522 e. The third kappa shape index (κ3) is 6.76. The molecule has 0 aromatic heterocycles. The minimum absolute atomic E-state index is 0.0166. The van der Waals surface area contributed by atoms with Crippen LogP contribution in [0.5, 0.6) is 0 Å². The standard InChI is InChI=1S/C11H23F3O3SSi/c1-4-6-8-10(9-7-5-2)19(3)17-18(15,16)11(12,13)14/h10,19H,4-9H2,1-3H3. The van der Waals surface area contributed by atoms with Crippen molar-refractivity contribution in [2.75, 3.05) is 0 Å². The first-order valence-corrected chi connectivity index (χ1v) is 10.3. The average Bonchev–Trinajstić information content (AvgIpc) is 2.27. The molecule has 0 heterocycles. The predicted molar refractivity (Wildman–Crippen MR) is 71.9 cm³/mol. The van der Waals surface area contributed by atoms with Crippen molar-refractivity contribution in [2.45, 2.75) is 70.0 Å². The summed E-state index contributed by atoms with van der Waals surface area (Å²) in [6, 6.07) is 0. The number of rotatable bonds is 9. The molecule has 0 aromatic carbocycles. The van der Waals surface area contributed by atoms with Crippen LogP contribution in [-0.4, -0.2) is 23.0 Å². The van der Waals surface area contributed by atoms with Gasteiger partial charge in [0, 0.05) is 0 Å². The molecule has 0 radical (unpaired) electrons. The maximum Gasteiger partial charge on any atom is 0.522 e. The van der Waals surface area contributed by atoms with Crippen LogP contribution in [0.3, 0.4) is 0 Å². The fourth-order valence-corrected chi connectivity index (χ4v) is 5.95. The second-order valence-corrected chi connectivity index (χ2v) is 9.24. The molecule has 1 atom stereocenters. The zero-order chi connectivity index (χ0) is 15.1. The Hall–Kier alpha value is -0.0831. The summed E-state index contributed by atoms with van der Waals surface area (Å²) in [6.45, 7) is 5.53. The van der Waals surface area contributed by atoms with E-state index in [1.165, 1.54) is 0 Å². The number of alkyl halides is 3. The summed E-state index contributed by atoms with van der Waals surface area (Å²) in [5.74, 6) is 0. The van der Waals surface area contributed by atoms with Crippen molar-refractivity contribution in [1.82, 2.24) is 0 Å². The van der Waals surface area contributed by atoms with Crippen molar-refractivity contribution in [1.29, 1.82) is 0 Å². The van der Waals surface area contributed by atoms with Gasteiger partial charge in [0.1, 0.15) is 0 Å². The SMILES string of the molecule is CCCCC(CCCC)[SiH](C)OS(=O)(=O)C(F)(F)F. The lowest BCUT2D eigenvalue weighted by Crippen LogP contribution is -2.33. The van der Waals surface area contributed by atoms with Crippen molar-refractivity contribution >= 4 is 19.2 Å². The molecular formula is C11H23F3O3SSi. The number of hydrogen-bond acceptors (Lipinski definition) is 3. The van der Waals surface area contributed by atoms with Crippen molar-refractivity contribution in [3.8, 4) is 0 Å². The molecule has 0 saturated carbocycles. The first-order chi connectivity index (χ1) is 8.65. The van der Waals surface area contributed by atoms with E-state index in [0.717, 1.165) is 38.5 Å². The van der Waals surface area contributed by atoms with Crippen molar-refractivity contribution in [3.05, 3.63) is 0 Å². The maximum atomic E-state index is 12.3. The lowest BCUT2D eigenvalue weighted by Gasteiger charge is -2.22. The third-order valence-corrected chi connectivity index (χ3v) is 7.87. The van der Waals surface area contributed by atoms with E-state index in [-0.39, 0.29) is 5.54 Å². The predicted octanol–water partition coefficient (Wildman–Crippen LogP) is 3.96. The molecule has 0 saturated heterocycles. The molecule has 0 aliphatic carbocycles. The average molecular weight is 320 g/mol. The molecule has 3 nitrogen and oxygen atoms in total. The van der Waals surface area contributed by atoms with Gasteiger partial charge in [0.25, 0.3) is 0 Å². The molecule has 0 N–H and O–H groups in total. The van der Waals surface area contributed by atoms with Crippen LogP contribution >= 0.6 is 0 Å². The zero-order valence-corrected chi connectivity index (χ0v) is 13.6. The summed E-state index contributed by atoms with van der Waals surface area (Å²) in [5.41, 5.74) is -5.33. The van der Waals surface area contributed by atoms with E-state index in [4.69, 9.17) is 0 Å². The highest BCUT2D eigenvalue weighted by molar-refractivity contribution is 7.88. The number of hydrogen-bond donors (Lipinski definition) is 0. The van der Waals surface area contributed by atoms with Crippen LogP contribution in [0.2, 0.25) is 12.1 Å². The van der Waals surface area contributed by atoms with Crippen molar-refractivity contribution in [2.24, 2.45) is 0 Å². The summed E-state index contributed by atoms with van der Waals surface area (Å²) in [6.07, 6.45) is 5.16. The van der Waals surface area contributed by atoms with Gasteiger partial charge in [0.15, 0.2) is 0 Å². The molecule has 1 unspecified atom stereocenters. The van der Waals surface area contributed by atoms with Gasteiger partial charge in [-0.3, -0.25) is 0 Å². The van der Waals surface area contributed by atoms with E-state index in [0.29, 0.717) is 0 Å². The lowest BCUT2D eigenvalue weighted by molar-refractivity contribution is -0.0502. The van der Waals surface area contributed by atoms with E-state index >= 15 is 0 Å². The molecule has 0 bridgehead atoms. The molecule has 0 aliphatic rings. The Bertz CT molecular complexity index is 336. The van der Waals surface area contributed by atoms with Gasteiger partial charge in [-0.2, -0.15) is 21.6 Å². The lowest BCUT2D eigenvalue weighted by atomic mass is 10.1. The zero-order valence-electron chi connectivity index (χ0n) is 11.7. The van der Waals surface area contributed by atoms with Crippen LogP contribution < -0.4 is 0 Å². The molecule has 0 fully saturated rings. The Morgan fingerprint density at radius 3 is 1.84 bits per heavy atom. The van der Waals surface area contributed by atoms with Gasteiger partial charge in [-0.15, -0.1) is 0 Å². The van der Waals surface area contributed by atoms with Gasteiger partial charge >= 0.3 is 15.6 Å². The molecule has 0 amide bonds. The molecule has 0 aromatic rings. The topological polar surface area (TPSA) is 43.4 Å². The van der Waals surface area contributed by atoms with Gasteiger partial charge in [-0.1, -0.05) is 52.4 Å². The molecule has 116 valence electrons. The van der Waals surface area contributed by atoms with Gasteiger partial charge in [-0.25, -0.2) is 0 Å². The summed E-state index contributed by atoms with van der Waals surface area (Å²) in [7, 11) is -7.84. The Labute approximate surface area is 115 Å². The maximum absolute atomic E-state index is 12.3. The molecule has 8 heteroatoms. The molecular weight excluding hydrogens is 297 g/mol. The second kappa shape index (κ2) is 8.26. The summed E-state index contributed by atoms with van der Waals surface area (Å²) in [5, 5.41) is 0. The highest BCUT2D eigenvalue weighted by Gasteiger charge is 2.48. The summed E-state index contributed by atoms with van der Waals surface area (Å²) >= 11 is 0. The summed E-state index contributed by atoms with van der Waals surface area (Å²) < 4.78 is 63.3. The Balaban J connectivity index is 4.66. The first kappa shape index (κ1) is 18.9. The highest BCUT2D eigenvalue weighted by atomic mass is 32.2. The van der Waals surface area contributed by atoms with E-state index in [1.54, 1.807) is 6.55 Å². The monoisotopic (exact) mass is 320 g/mol. The third-order valence-electron chi connectivity index (χ3n) is 3.08. The Morgan fingerprint density at radius 2 is 1.53 bits per heavy atom. The van der Waals surface area contributed by atoms with Crippen molar-refractivity contribution in [3.63, 3.8) is 0 Å².